The van der Waals surface area contributed by atoms with Crippen molar-refractivity contribution in [3.05, 3.63) is 54.0 Å². The number of hydrogen-bond donors (Lipinski definition) is 1. The summed E-state index contributed by atoms with van der Waals surface area (Å²) < 4.78 is 18.1. The van der Waals surface area contributed by atoms with E-state index in [9.17, 15) is 9.18 Å². The van der Waals surface area contributed by atoms with Gasteiger partial charge in [-0.3, -0.25) is 4.79 Å². The van der Waals surface area contributed by atoms with Gasteiger partial charge in [-0.2, -0.15) is 0 Å². The third-order valence-electron chi connectivity index (χ3n) is 2.34. The second-order valence-corrected chi connectivity index (χ2v) is 4.02. The summed E-state index contributed by atoms with van der Waals surface area (Å²) in [6, 6.07) is 9.18. The quantitative estimate of drug-likeness (QED) is 0.919. The Kier molecular flexibility index (Phi) is 4.07. The second-order valence-electron chi connectivity index (χ2n) is 4.02. The Morgan fingerprint density at radius 2 is 2.21 bits per heavy atom. The molecule has 0 radical (unpaired) electrons. The lowest BCUT2D eigenvalue weighted by Crippen LogP contribution is -2.20. The minimum absolute atomic E-state index is 0.195. The van der Waals surface area contributed by atoms with Crippen LogP contribution in [0.2, 0.25) is 0 Å². The van der Waals surface area contributed by atoms with Gasteiger partial charge in [-0.1, -0.05) is 12.1 Å². The molecule has 0 saturated carbocycles. The third-order valence-corrected chi connectivity index (χ3v) is 2.34. The molecule has 0 bridgehead atoms. The lowest BCUT2D eigenvalue weighted by atomic mass is 10.3. The molecule has 4 nitrogen and oxygen atoms in total. The highest BCUT2D eigenvalue weighted by molar-refractivity contribution is 5.90. The number of amides is 1. The van der Waals surface area contributed by atoms with E-state index in [0.717, 1.165) is 5.56 Å². The van der Waals surface area contributed by atoms with E-state index in [1.165, 1.54) is 18.2 Å². The van der Waals surface area contributed by atoms with Crippen LogP contribution in [-0.2, 0) is 4.79 Å². The molecule has 0 aliphatic heterocycles. The highest BCUT2D eigenvalue weighted by Crippen LogP contribution is 2.11. The highest BCUT2D eigenvalue weighted by atomic mass is 19.1. The normalized spacial score (nSPS) is 10.0. The molecule has 5 heteroatoms. The molecule has 0 aliphatic rings. The summed E-state index contributed by atoms with van der Waals surface area (Å²) in [6.07, 6.45) is 1.66. The lowest BCUT2D eigenvalue weighted by molar-refractivity contribution is -0.118. The topological polar surface area (TPSA) is 51.2 Å². The second kappa shape index (κ2) is 5.95. The zero-order valence-electron chi connectivity index (χ0n) is 10.4. The molecular weight excluding hydrogens is 247 g/mol. The van der Waals surface area contributed by atoms with Crippen LogP contribution in [0.5, 0.6) is 5.75 Å². The van der Waals surface area contributed by atoms with Crippen molar-refractivity contribution < 1.29 is 13.9 Å². The van der Waals surface area contributed by atoms with E-state index in [1.807, 2.05) is 13.0 Å². The van der Waals surface area contributed by atoms with Gasteiger partial charge in [0.25, 0.3) is 5.91 Å². The van der Waals surface area contributed by atoms with Crippen LogP contribution >= 0.6 is 0 Å². The summed E-state index contributed by atoms with van der Waals surface area (Å²) in [5.74, 6) is 0.0178. The maximum absolute atomic E-state index is 12.9. The third kappa shape index (κ3) is 4.06. The fourth-order valence-corrected chi connectivity index (χ4v) is 1.43. The average molecular weight is 260 g/mol. The molecule has 98 valence electrons. The van der Waals surface area contributed by atoms with Crippen molar-refractivity contribution >= 4 is 11.7 Å². The van der Waals surface area contributed by atoms with Gasteiger partial charge in [0.1, 0.15) is 17.4 Å². The summed E-state index contributed by atoms with van der Waals surface area (Å²) in [5.41, 5.74) is 1.01. The van der Waals surface area contributed by atoms with Crippen molar-refractivity contribution in [3.63, 3.8) is 0 Å². The Morgan fingerprint density at radius 3 is 2.89 bits per heavy atom. The van der Waals surface area contributed by atoms with E-state index in [1.54, 1.807) is 18.3 Å². The summed E-state index contributed by atoms with van der Waals surface area (Å²) in [4.78, 5) is 15.6. The molecule has 0 unspecified atom stereocenters. The molecule has 0 atom stereocenters. The maximum atomic E-state index is 12.9. The van der Waals surface area contributed by atoms with E-state index in [2.05, 4.69) is 10.3 Å². The number of carbonyl (C=O) groups excluding carboxylic acids is 1. The van der Waals surface area contributed by atoms with Crippen molar-refractivity contribution in [2.75, 3.05) is 11.9 Å². The fourth-order valence-electron chi connectivity index (χ4n) is 1.43. The van der Waals surface area contributed by atoms with E-state index >= 15 is 0 Å². The summed E-state index contributed by atoms with van der Waals surface area (Å²) in [6.45, 7) is 1.71. The molecule has 0 spiro atoms. The summed E-state index contributed by atoms with van der Waals surface area (Å²) in [7, 11) is 0. The Bertz CT molecular complexity index is 570. The summed E-state index contributed by atoms with van der Waals surface area (Å²) in [5, 5.41) is 2.59. The molecule has 2 rings (SSSR count). The van der Waals surface area contributed by atoms with Crippen LogP contribution in [0.1, 0.15) is 5.56 Å². The SMILES string of the molecule is Cc1ccc(NC(=O)COc2cccc(F)c2)nc1. The number of anilines is 1. The Balaban J connectivity index is 1.86. The van der Waals surface area contributed by atoms with Gasteiger partial charge in [0.15, 0.2) is 6.61 Å². The fraction of sp³-hybridized carbons (Fsp3) is 0.143. The van der Waals surface area contributed by atoms with Crippen LogP contribution in [0.3, 0.4) is 0 Å². The molecule has 1 aromatic heterocycles. The average Bonchev–Trinajstić information content (AvgIpc) is 2.39. The monoisotopic (exact) mass is 260 g/mol. The molecule has 1 aromatic carbocycles. The summed E-state index contributed by atoms with van der Waals surface area (Å²) >= 11 is 0. The first kappa shape index (κ1) is 13.0. The highest BCUT2D eigenvalue weighted by Gasteiger charge is 2.04. The van der Waals surface area contributed by atoms with Crippen LogP contribution in [0.4, 0.5) is 10.2 Å². The van der Waals surface area contributed by atoms with Crippen LogP contribution in [0.25, 0.3) is 0 Å². The Morgan fingerprint density at radius 1 is 1.37 bits per heavy atom. The molecule has 1 amide bonds. The number of nitrogens with one attached hydrogen (secondary N) is 1. The minimum Gasteiger partial charge on any atom is -0.484 e. The predicted molar refractivity (Wildman–Crippen MR) is 69.5 cm³/mol. The van der Waals surface area contributed by atoms with Gasteiger partial charge in [0.05, 0.1) is 0 Å². The molecule has 2 aromatic rings. The first-order valence-corrected chi connectivity index (χ1v) is 5.74. The van der Waals surface area contributed by atoms with Crippen molar-refractivity contribution in [2.45, 2.75) is 6.92 Å². The molecule has 19 heavy (non-hydrogen) atoms. The number of carbonyl (C=O) groups is 1. The van der Waals surface area contributed by atoms with Gasteiger partial charge in [0.2, 0.25) is 0 Å². The molecule has 0 fully saturated rings. The first-order valence-electron chi connectivity index (χ1n) is 5.74. The Labute approximate surface area is 110 Å². The van der Waals surface area contributed by atoms with Gasteiger partial charge in [-0.05, 0) is 30.7 Å². The van der Waals surface area contributed by atoms with Crippen LogP contribution in [0.15, 0.2) is 42.6 Å². The van der Waals surface area contributed by atoms with Crippen molar-refractivity contribution in [1.82, 2.24) is 4.98 Å². The number of halogens is 1. The number of pyridine rings is 1. The number of hydrogen-bond acceptors (Lipinski definition) is 3. The van der Waals surface area contributed by atoms with Gasteiger partial charge < -0.3 is 10.1 Å². The van der Waals surface area contributed by atoms with Crippen LogP contribution in [0, 0.1) is 12.7 Å². The zero-order valence-corrected chi connectivity index (χ0v) is 10.4. The van der Waals surface area contributed by atoms with E-state index < -0.39 is 5.82 Å². The molecule has 0 saturated heterocycles. The standard InChI is InChI=1S/C14H13FN2O2/c1-10-5-6-13(16-8-10)17-14(18)9-19-12-4-2-3-11(15)7-12/h2-8H,9H2,1H3,(H,16,17,18). The van der Waals surface area contributed by atoms with Crippen molar-refractivity contribution in [2.24, 2.45) is 0 Å². The Hall–Kier alpha value is -2.43. The lowest BCUT2D eigenvalue weighted by Gasteiger charge is -2.07. The van der Waals surface area contributed by atoms with E-state index in [4.69, 9.17) is 4.74 Å². The molecule has 0 aliphatic carbocycles. The van der Waals surface area contributed by atoms with E-state index in [0.29, 0.717) is 11.6 Å². The number of benzene rings is 1. The maximum Gasteiger partial charge on any atom is 0.263 e. The number of ether oxygens (including phenoxy) is 1. The number of rotatable bonds is 4. The minimum atomic E-state index is -0.405. The van der Waals surface area contributed by atoms with E-state index in [-0.39, 0.29) is 12.5 Å². The number of aromatic nitrogens is 1. The largest absolute Gasteiger partial charge is 0.484 e. The van der Waals surface area contributed by atoms with Crippen molar-refractivity contribution in [1.29, 1.82) is 0 Å². The number of nitrogens with zero attached hydrogens (tertiary/aromatic N) is 1. The molecular formula is C14H13FN2O2. The van der Waals surface area contributed by atoms with Crippen LogP contribution < -0.4 is 10.1 Å². The first-order chi connectivity index (χ1) is 9.13. The zero-order chi connectivity index (χ0) is 13.7. The van der Waals surface area contributed by atoms with Crippen LogP contribution in [-0.4, -0.2) is 17.5 Å². The predicted octanol–water partition coefficient (Wildman–Crippen LogP) is 2.55. The molecule has 1 N–H and O–H groups in total. The van der Waals surface area contributed by atoms with Gasteiger partial charge in [-0.15, -0.1) is 0 Å². The van der Waals surface area contributed by atoms with Gasteiger partial charge in [0, 0.05) is 12.3 Å². The number of aryl methyl sites for hydroxylation is 1. The van der Waals surface area contributed by atoms with Gasteiger partial charge in [-0.25, -0.2) is 9.37 Å². The van der Waals surface area contributed by atoms with Gasteiger partial charge >= 0.3 is 0 Å². The molecule has 1 heterocycles. The smallest absolute Gasteiger partial charge is 0.263 e. The van der Waals surface area contributed by atoms with Crippen molar-refractivity contribution in [3.8, 4) is 5.75 Å².